The molecule has 84 valence electrons. The Balaban J connectivity index is 3.18. The minimum Gasteiger partial charge on any atom is -0.403 e. The fourth-order valence-electron chi connectivity index (χ4n) is 1.05. The summed E-state index contributed by atoms with van der Waals surface area (Å²) in [6.07, 6.45) is -3.52. The van der Waals surface area contributed by atoms with Crippen molar-refractivity contribution in [2.45, 2.75) is 19.8 Å². The smallest absolute Gasteiger partial charge is 0.403 e. The predicted octanol–water partition coefficient (Wildman–Crippen LogP) is 1.33. The van der Waals surface area contributed by atoms with E-state index in [0.29, 0.717) is 0 Å². The van der Waals surface area contributed by atoms with Crippen molar-refractivity contribution in [3.05, 3.63) is 17.5 Å². The summed E-state index contributed by atoms with van der Waals surface area (Å²) < 4.78 is 39.9. The molecule has 1 aromatic heterocycles. The maximum Gasteiger partial charge on any atom is 0.573 e. The average Bonchev–Trinajstić information content (AvgIpc) is 2.11. The van der Waals surface area contributed by atoms with Crippen LogP contribution >= 0.6 is 0 Å². The number of aromatic nitrogens is 1. The van der Waals surface area contributed by atoms with Crippen molar-refractivity contribution in [2.24, 2.45) is 5.73 Å². The minimum absolute atomic E-state index is 0.0269. The molecule has 0 aliphatic heterocycles. The summed E-state index contributed by atoms with van der Waals surface area (Å²) in [5, 5.41) is 0. The van der Waals surface area contributed by atoms with Gasteiger partial charge >= 0.3 is 6.36 Å². The number of hydrogen-bond donors (Lipinski definition) is 2. The lowest BCUT2D eigenvalue weighted by Gasteiger charge is -2.15. The van der Waals surface area contributed by atoms with Gasteiger partial charge in [0, 0.05) is 12.1 Å². The van der Waals surface area contributed by atoms with Crippen molar-refractivity contribution in [1.82, 2.24) is 4.98 Å². The summed E-state index contributed by atoms with van der Waals surface area (Å²) in [5.74, 6) is -0.412. The zero-order chi connectivity index (χ0) is 11.6. The van der Waals surface area contributed by atoms with Gasteiger partial charge < -0.3 is 16.2 Å². The van der Waals surface area contributed by atoms with Crippen LogP contribution in [0.4, 0.5) is 18.9 Å². The lowest BCUT2D eigenvalue weighted by Crippen LogP contribution is -2.20. The molecule has 0 fully saturated rings. The standard InChI is InChI=1S/C8H10F3N3O/c1-4-5(13)3-14-6(2-12)7(4)15-8(9,10)11/h3H,2,12-13H2,1H3. The fourth-order valence-corrected chi connectivity index (χ4v) is 1.05. The van der Waals surface area contributed by atoms with Crippen molar-refractivity contribution in [3.63, 3.8) is 0 Å². The van der Waals surface area contributed by atoms with E-state index in [1.54, 1.807) is 0 Å². The van der Waals surface area contributed by atoms with Crippen LogP contribution in [0.15, 0.2) is 6.20 Å². The van der Waals surface area contributed by atoms with Crippen LogP contribution in [-0.4, -0.2) is 11.3 Å². The highest BCUT2D eigenvalue weighted by molar-refractivity contribution is 5.53. The molecule has 7 heteroatoms. The largest absolute Gasteiger partial charge is 0.573 e. The lowest BCUT2D eigenvalue weighted by atomic mass is 10.2. The maximum absolute atomic E-state index is 12.0. The van der Waals surface area contributed by atoms with Crippen LogP contribution in [0, 0.1) is 6.92 Å². The monoisotopic (exact) mass is 221 g/mol. The van der Waals surface area contributed by atoms with Crippen molar-refractivity contribution in [1.29, 1.82) is 0 Å². The second kappa shape index (κ2) is 3.93. The number of pyridine rings is 1. The Morgan fingerprint density at radius 1 is 1.47 bits per heavy atom. The summed E-state index contributed by atoms with van der Waals surface area (Å²) in [4.78, 5) is 3.67. The van der Waals surface area contributed by atoms with Crippen LogP contribution in [0.2, 0.25) is 0 Å². The van der Waals surface area contributed by atoms with Crippen molar-refractivity contribution < 1.29 is 17.9 Å². The zero-order valence-electron chi connectivity index (χ0n) is 7.93. The summed E-state index contributed by atoms with van der Waals surface area (Å²) in [6, 6.07) is 0. The molecular weight excluding hydrogens is 211 g/mol. The third-order valence-electron chi connectivity index (χ3n) is 1.81. The Morgan fingerprint density at radius 2 is 2.07 bits per heavy atom. The molecule has 1 heterocycles. The Bertz CT molecular complexity index is 365. The molecule has 0 saturated heterocycles. The van der Waals surface area contributed by atoms with Gasteiger partial charge in [0.2, 0.25) is 0 Å². The van der Waals surface area contributed by atoms with Crippen LogP contribution in [-0.2, 0) is 6.54 Å². The maximum atomic E-state index is 12.0. The number of hydrogen-bond acceptors (Lipinski definition) is 4. The Kier molecular flexibility index (Phi) is 3.04. The van der Waals surface area contributed by atoms with E-state index in [2.05, 4.69) is 9.72 Å². The Morgan fingerprint density at radius 3 is 2.53 bits per heavy atom. The molecule has 0 spiro atoms. The molecule has 0 unspecified atom stereocenters. The molecule has 15 heavy (non-hydrogen) atoms. The first-order valence-electron chi connectivity index (χ1n) is 4.05. The van der Waals surface area contributed by atoms with E-state index < -0.39 is 12.1 Å². The van der Waals surface area contributed by atoms with E-state index in [4.69, 9.17) is 11.5 Å². The zero-order valence-corrected chi connectivity index (χ0v) is 7.93. The molecule has 0 saturated carbocycles. The topological polar surface area (TPSA) is 74.2 Å². The summed E-state index contributed by atoms with van der Waals surface area (Å²) >= 11 is 0. The van der Waals surface area contributed by atoms with E-state index in [0.717, 1.165) is 0 Å². The van der Waals surface area contributed by atoms with Crippen LogP contribution in [0.5, 0.6) is 5.75 Å². The quantitative estimate of drug-likeness (QED) is 0.790. The third kappa shape index (κ3) is 2.72. The Hall–Kier alpha value is -1.50. The van der Waals surface area contributed by atoms with Gasteiger partial charge in [0.1, 0.15) is 0 Å². The molecule has 1 aromatic rings. The number of rotatable bonds is 2. The first-order valence-corrected chi connectivity index (χ1v) is 4.05. The molecule has 0 radical (unpaired) electrons. The highest BCUT2D eigenvalue weighted by Crippen LogP contribution is 2.31. The molecule has 0 amide bonds. The van der Waals surface area contributed by atoms with E-state index in [1.807, 2.05) is 0 Å². The first kappa shape index (κ1) is 11.6. The Labute approximate surface area is 84.0 Å². The van der Waals surface area contributed by atoms with Gasteiger partial charge in [-0.1, -0.05) is 0 Å². The van der Waals surface area contributed by atoms with Crippen LogP contribution < -0.4 is 16.2 Å². The molecule has 0 aliphatic rings. The minimum atomic E-state index is -4.77. The first-order chi connectivity index (χ1) is 6.85. The van der Waals surface area contributed by atoms with E-state index in [9.17, 15) is 13.2 Å². The highest BCUT2D eigenvalue weighted by Gasteiger charge is 2.33. The molecule has 0 aliphatic carbocycles. The lowest BCUT2D eigenvalue weighted by molar-refractivity contribution is -0.275. The summed E-state index contributed by atoms with van der Waals surface area (Å²) in [6.45, 7) is 1.27. The number of nitrogens with zero attached hydrogens (tertiary/aromatic N) is 1. The van der Waals surface area contributed by atoms with E-state index >= 15 is 0 Å². The number of halogens is 3. The molecule has 4 N–H and O–H groups in total. The van der Waals surface area contributed by atoms with E-state index in [-0.39, 0.29) is 23.5 Å². The van der Waals surface area contributed by atoms with Gasteiger partial charge in [-0.05, 0) is 6.92 Å². The van der Waals surface area contributed by atoms with Gasteiger partial charge in [0.15, 0.2) is 5.75 Å². The van der Waals surface area contributed by atoms with Crippen molar-refractivity contribution >= 4 is 5.69 Å². The van der Waals surface area contributed by atoms with Crippen molar-refractivity contribution in [3.8, 4) is 5.75 Å². The summed E-state index contributed by atoms with van der Waals surface area (Å²) in [7, 11) is 0. The number of anilines is 1. The van der Waals surface area contributed by atoms with E-state index in [1.165, 1.54) is 13.1 Å². The van der Waals surface area contributed by atoms with Crippen LogP contribution in [0.1, 0.15) is 11.3 Å². The molecule has 1 rings (SSSR count). The van der Waals surface area contributed by atoms with Crippen LogP contribution in [0.3, 0.4) is 0 Å². The molecule has 0 aromatic carbocycles. The van der Waals surface area contributed by atoms with Gasteiger partial charge in [-0.15, -0.1) is 13.2 Å². The summed E-state index contributed by atoms with van der Waals surface area (Å²) in [5.41, 5.74) is 11.0. The van der Waals surface area contributed by atoms with Gasteiger partial charge in [-0.25, -0.2) is 0 Å². The van der Waals surface area contributed by atoms with Gasteiger partial charge in [-0.2, -0.15) is 0 Å². The molecule has 0 atom stereocenters. The molecule has 4 nitrogen and oxygen atoms in total. The third-order valence-corrected chi connectivity index (χ3v) is 1.81. The number of alkyl halides is 3. The van der Waals surface area contributed by atoms with Gasteiger partial charge in [0.05, 0.1) is 17.6 Å². The van der Waals surface area contributed by atoms with Gasteiger partial charge in [0.25, 0.3) is 0 Å². The number of nitrogen functional groups attached to an aromatic ring is 1. The van der Waals surface area contributed by atoms with Gasteiger partial charge in [-0.3, -0.25) is 4.98 Å². The predicted molar refractivity (Wildman–Crippen MR) is 48.0 cm³/mol. The fraction of sp³-hybridized carbons (Fsp3) is 0.375. The SMILES string of the molecule is Cc1c(N)cnc(CN)c1OC(F)(F)F. The normalized spacial score (nSPS) is 11.5. The second-order valence-corrected chi connectivity index (χ2v) is 2.87. The average molecular weight is 221 g/mol. The second-order valence-electron chi connectivity index (χ2n) is 2.87. The highest BCUT2D eigenvalue weighted by atomic mass is 19.4. The number of nitrogens with two attached hydrogens (primary N) is 2. The molecular formula is C8H10F3N3O. The van der Waals surface area contributed by atoms with Crippen LogP contribution in [0.25, 0.3) is 0 Å². The van der Waals surface area contributed by atoms with Crippen molar-refractivity contribution in [2.75, 3.05) is 5.73 Å². The molecule has 0 bridgehead atoms. The number of ether oxygens (including phenoxy) is 1.